The lowest BCUT2D eigenvalue weighted by atomic mass is 10.2. The molecular formula is C17H14Br2FN3. The topological polar surface area (TPSA) is 29.9 Å². The standard InChI is InChI=1S/C17H14Br2FN3/c1-23-16(11-5-7-12(18)8-6-11)10-22-17(23)21-9-13-14(19)3-2-4-15(13)20/h2-8,10H,9H2,1H3,(H,21,22). The average Bonchev–Trinajstić information content (AvgIpc) is 2.89. The van der Waals surface area contributed by atoms with Gasteiger partial charge in [-0.2, -0.15) is 0 Å². The lowest BCUT2D eigenvalue weighted by molar-refractivity contribution is 0.611. The zero-order valence-corrected chi connectivity index (χ0v) is 15.5. The molecule has 0 unspecified atom stereocenters. The third kappa shape index (κ3) is 3.48. The number of nitrogens with zero attached hydrogens (tertiary/aromatic N) is 2. The highest BCUT2D eigenvalue weighted by atomic mass is 79.9. The highest BCUT2D eigenvalue weighted by molar-refractivity contribution is 9.10. The molecule has 0 aliphatic rings. The van der Waals surface area contributed by atoms with Crippen LogP contribution in [-0.2, 0) is 13.6 Å². The molecule has 6 heteroatoms. The molecule has 0 saturated heterocycles. The number of hydrogen-bond acceptors (Lipinski definition) is 2. The molecule has 1 N–H and O–H groups in total. The van der Waals surface area contributed by atoms with Crippen LogP contribution in [0, 0.1) is 5.82 Å². The first-order chi connectivity index (χ1) is 11.1. The molecular weight excluding hydrogens is 425 g/mol. The summed E-state index contributed by atoms with van der Waals surface area (Å²) in [7, 11) is 1.93. The molecule has 0 aliphatic heterocycles. The molecule has 3 nitrogen and oxygen atoms in total. The van der Waals surface area contributed by atoms with E-state index in [1.807, 2.05) is 48.1 Å². The average molecular weight is 439 g/mol. The molecule has 0 saturated carbocycles. The molecule has 0 amide bonds. The van der Waals surface area contributed by atoms with E-state index in [-0.39, 0.29) is 5.82 Å². The molecule has 1 aromatic heterocycles. The number of hydrogen-bond donors (Lipinski definition) is 1. The monoisotopic (exact) mass is 437 g/mol. The van der Waals surface area contributed by atoms with Crippen LogP contribution >= 0.6 is 31.9 Å². The Morgan fingerprint density at radius 2 is 1.87 bits per heavy atom. The van der Waals surface area contributed by atoms with Crippen LogP contribution in [0.2, 0.25) is 0 Å². The number of aromatic nitrogens is 2. The first kappa shape index (κ1) is 16.2. The van der Waals surface area contributed by atoms with Crippen molar-refractivity contribution in [2.24, 2.45) is 7.05 Å². The van der Waals surface area contributed by atoms with Crippen molar-refractivity contribution in [3.8, 4) is 11.3 Å². The maximum Gasteiger partial charge on any atom is 0.203 e. The fourth-order valence-electron chi connectivity index (χ4n) is 2.33. The van der Waals surface area contributed by atoms with Gasteiger partial charge in [-0.25, -0.2) is 9.37 Å². The molecule has 0 atom stereocenters. The number of benzene rings is 2. The normalized spacial score (nSPS) is 10.8. The van der Waals surface area contributed by atoms with Gasteiger partial charge in [0.2, 0.25) is 5.95 Å². The summed E-state index contributed by atoms with van der Waals surface area (Å²) in [6.45, 7) is 0.359. The maximum atomic E-state index is 13.9. The number of halogens is 3. The van der Waals surface area contributed by atoms with E-state index in [0.29, 0.717) is 18.1 Å². The van der Waals surface area contributed by atoms with Gasteiger partial charge in [0.25, 0.3) is 0 Å². The molecule has 0 radical (unpaired) electrons. The van der Waals surface area contributed by atoms with Gasteiger partial charge in [0.1, 0.15) is 5.82 Å². The Morgan fingerprint density at radius 3 is 2.57 bits per heavy atom. The van der Waals surface area contributed by atoms with Crippen molar-refractivity contribution in [3.05, 3.63) is 69.0 Å². The van der Waals surface area contributed by atoms with Crippen LogP contribution < -0.4 is 5.32 Å². The Labute approximate surface area is 150 Å². The quantitative estimate of drug-likeness (QED) is 0.593. The van der Waals surface area contributed by atoms with Crippen LogP contribution in [0.15, 0.2) is 57.6 Å². The fourth-order valence-corrected chi connectivity index (χ4v) is 3.08. The second-order valence-electron chi connectivity index (χ2n) is 5.09. The van der Waals surface area contributed by atoms with Crippen LogP contribution in [0.4, 0.5) is 10.3 Å². The van der Waals surface area contributed by atoms with Gasteiger partial charge in [-0.15, -0.1) is 0 Å². The second-order valence-corrected chi connectivity index (χ2v) is 6.86. The lowest BCUT2D eigenvalue weighted by Crippen LogP contribution is -2.07. The number of imidazole rings is 1. The zero-order chi connectivity index (χ0) is 16.4. The van der Waals surface area contributed by atoms with E-state index in [4.69, 9.17) is 0 Å². The molecule has 0 fully saturated rings. The summed E-state index contributed by atoms with van der Waals surface area (Å²) >= 11 is 6.81. The number of anilines is 1. The van der Waals surface area contributed by atoms with E-state index in [0.717, 1.165) is 20.2 Å². The van der Waals surface area contributed by atoms with Gasteiger partial charge in [0.05, 0.1) is 11.9 Å². The summed E-state index contributed by atoms with van der Waals surface area (Å²) in [6.07, 6.45) is 1.81. The van der Waals surface area contributed by atoms with E-state index in [1.165, 1.54) is 6.07 Å². The molecule has 3 rings (SSSR count). The predicted molar refractivity (Wildman–Crippen MR) is 97.8 cm³/mol. The second kappa shape index (κ2) is 6.84. The molecule has 118 valence electrons. The Kier molecular flexibility index (Phi) is 4.82. The summed E-state index contributed by atoms with van der Waals surface area (Å²) in [5, 5.41) is 3.19. The van der Waals surface area contributed by atoms with E-state index < -0.39 is 0 Å². The summed E-state index contributed by atoms with van der Waals surface area (Å²) in [5.41, 5.74) is 2.65. The van der Waals surface area contributed by atoms with Crippen LogP contribution in [0.3, 0.4) is 0 Å². The van der Waals surface area contributed by atoms with Crippen molar-refractivity contribution in [2.45, 2.75) is 6.54 Å². The van der Waals surface area contributed by atoms with Gasteiger partial charge in [-0.05, 0) is 29.8 Å². The van der Waals surface area contributed by atoms with Crippen molar-refractivity contribution in [1.82, 2.24) is 9.55 Å². The van der Waals surface area contributed by atoms with E-state index in [1.54, 1.807) is 6.07 Å². The van der Waals surface area contributed by atoms with Gasteiger partial charge in [-0.1, -0.05) is 50.1 Å². The van der Waals surface area contributed by atoms with Crippen molar-refractivity contribution < 1.29 is 4.39 Å². The third-order valence-electron chi connectivity index (χ3n) is 3.61. The Morgan fingerprint density at radius 1 is 1.13 bits per heavy atom. The van der Waals surface area contributed by atoms with Crippen molar-refractivity contribution in [3.63, 3.8) is 0 Å². The van der Waals surface area contributed by atoms with Crippen molar-refractivity contribution in [2.75, 3.05) is 5.32 Å². The van der Waals surface area contributed by atoms with Crippen molar-refractivity contribution in [1.29, 1.82) is 0 Å². The predicted octanol–water partition coefficient (Wildman–Crippen LogP) is 5.36. The van der Waals surface area contributed by atoms with Crippen LogP contribution in [0.1, 0.15) is 5.56 Å². The summed E-state index contributed by atoms with van der Waals surface area (Å²) < 4.78 is 17.6. The van der Waals surface area contributed by atoms with Gasteiger partial charge >= 0.3 is 0 Å². The van der Waals surface area contributed by atoms with Crippen LogP contribution in [0.5, 0.6) is 0 Å². The third-order valence-corrected chi connectivity index (χ3v) is 4.88. The van der Waals surface area contributed by atoms with Gasteiger partial charge in [-0.3, -0.25) is 0 Å². The zero-order valence-electron chi connectivity index (χ0n) is 12.4. The number of rotatable bonds is 4. The molecule has 3 aromatic rings. The highest BCUT2D eigenvalue weighted by Gasteiger charge is 2.11. The smallest absolute Gasteiger partial charge is 0.203 e. The first-order valence-corrected chi connectivity index (χ1v) is 8.59. The minimum absolute atomic E-state index is 0.241. The number of nitrogens with one attached hydrogen (secondary N) is 1. The van der Waals surface area contributed by atoms with Crippen LogP contribution in [0.25, 0.3) is 11.3 Å². The molecule has 0 spiro atoms. The lowest BCUT2D eigenvalue weighted by Gasteiger charge is -2.10. The highest BCUT2D eigenvalue weighted by Crippen LogP contribution is 2.25. The SMILES string of the molecule is Cn1c(-c2ccc(Br)cc2)cnc1NCc1c(F)cccc1Br. The summed E-state index contributed by atoms with van der Waals surface area (Å²) in [4.78, 5) is 4.39. The molecule has 0 bridgehead atoms. The Balaban J connectivity index is 1.81. The Bertz CT molecular complexity index is 808. The van der Waals surface area contributed by atoms with Gasteiger partial charge in [0.15, 0.2) is 0 Å². The van der Waals surface area contributed by atoms with Crippen molar-refractivity contribution >= 4 is 37.8 Å². The minimum Gasteiger partial charge on any atom is -0.351 e. The minimum atomic E-state index is -0.241. The molecule has 23 heavy (non-hydrogen) atoms. The van der Waals surface area contributed by atoms with Gasteiger partial charge in [0, 0.05) is 28.1 Å². The first-order valence-electron chi connectivity index (χ1n) is 7.00. The van der Waals surface area contributed by atoms with E-state index in [2.05, 4.69) is 42.2 Å². The van der Waals surface area contributed by atoms with E-state index >= 15 is 0 Å². The summed E-state index contributed by atoms with van der Waals surface area (Å²) in [5.74, 6) is 0.451. The van der Waals surface area contributed by atoms with Gasteiger partial charge < -0.3 is 9.88 Å². The fraction of sp³-hybridized carbons (Fsp3) is 0.118. The molecule has 2 aromatic carbocycles. The maximum absolute atomic E-state index is 13.9. The van der Waals surface area contributed by atoms with E-state index in [9.17, 15) is 4.39 Å². The molecule has 0 aliphatic carbocycles. The summed E-state index contributed by atoms with van der Waals surface area (Å²) in [6, 6.07) is 13.0. The Hall–Kier alpha value is -1.66. The molecule has 1 heterocycles. The largest absolute Gasteiger partial charge is 0.351 e. The van der Waals surface area contributed by atoms with Crippen LogP contribution in [-0.4, -0.2) is 9.55 Å².